The van der Waals surface area contributed by atoms with Gasteiger partial charge in [0.2, 0.25) is 0 Å². The lowest BCUT2D eigenvalue weighted by atomic mass is 10.00. The average molecular weight is 443 g/mol. The van der Waals surface area contributed by atoms with Crippen LogP contribution in [0.2, 0.25) is 0 Å². The summed E-state index contributed by atoms with van der Waals surface area (Å²) >= 11 is 1.58. The molecule has 0 unspecified atom stereocenters. The molecule has 0 N–H and O–H groups in total. The molecule has 0 saturated carbocycles. The maximum atomic E-state index is 14.8. The standard InChI is InChI=1S/C26H19FN2O2S/c1-15-11-21(27)20-13-19(16-7-5-6-10-24(16)32-2)23(28-22(20)12-15)14-29-25(30)17-8-3-4-9-18(17)26(29)31/h3-13H,14H2,1-2H3. The van der Waals surface area contributed by atoms with Gasteiger partial charge in [-0.2, -0.15) is 0 Å². The van der Waals surface area contributed by atoms with E-state index in [0.717, 1.165) is 16.0 Å². The van der Waals surface area contributed by atoms with Gasteiger partial charge < -0.3 is 0 Å². The minimum atomic E-state index is -0.345. The Bertz CT molecular complexity index is 1380. The number of pyridine rings is 1. The van der Waals surface area contributed by atoms with E-state index in [0.29, 0.717) is 33.3 Å². The molecule has 5 rings (SSSR count). The van der Waals surface area contributed by atoms with E-state index in [1.54, 1.807) is 42.1 Å². The van der Waals surface area contributed by atoms with Crippen LogP contribution >= 0.6 is 11.8 Å². The Morgan fingerprint density at radius 2 is 1.50 bits per heavy atom. The molecule has 0 aliphatic carbocycles. The van der Waals surface area contributed by atoms with Crippen LogP contribution in [0.5, 0.6) is 0 Å². The number of halogens is 1. The van der Waals surface area contributed by atoms with Crippen molar-refractivity contribution in [1.29, 1.82) is 0 Å². The Morgan fingerprint density at radius 3 is 2.16 bits per heavy atom. The summed E-state index contributed by atoms with van der Waals surface area (Å²) in [5.74, 6) is -1.03. The molecule has 0 saturated heterocycles. The number of thioether (sulfide) groups is 1. The van der Waals surface area contributed by atoms with Crippen molar-refractivity contribution in [1.82, 2.24) is 9.88 Å². The van der Waals surface area contributed by atoms with Gasteiger partial charge in [0.05, 0.1) is 28.9 Å². The van der Waals surface area contributed by atoms with E-state index in [1.165, 1.54) is 11.0 Å². The van der Waals surface area contributed by atoms with Gasteiger partial charge in [0.1, 0.15) is 5.82 Å². The summed E-state index contributed by atoms with van der Waals surface area (Å²) in [5, 5.41) is 0.410. The first-order valence-corrected chi connectivity index (χ1v) is 11.4. The Morgan fingerprint density at radius 1 is 0.875 bits per heavy atom. The SMILES string of the molecule is CSc1ccccc1-c1cc2c(F)cc(C)cc2nc1CN1C(=O)c2ccccc2C1=O. The molecule has 0 atom stereocenters. The van der Waals surface area contributed by atoms with E-state index in [1.807, 2.05) is 43.5 Å². The minimum Gasteiger partial charge on any atom is -0.269 e. The highest BCUT2D eigenvalue weighted by Crippen LogP contribution is 2.36. The van der Waals surface area contributed by atoms with Gasteiger partial charge >= 0.3 is 0 Å². The summed E-state index contributed by atoms with van der Waals surface area (Å²) in [6.07, 6.45) is 1.97. The van der Waals surface area contributed by atoms with Crippen LogP contribution in [0.1, 0.15) is 32.0 Å². The lowest BCUT2D eigenvalue weighted by molar-refractivity contribution is 0.0641. The number of benzene rings is 3. The second-order valence-electron chi connectivity index (χ2n) is 7.74. The quantitative estimate of drug-likeness (QED) is 0.293. The van der Waals surface area contributed by atoms with Crippen LogP contribution in [-0.4, -0.2) is 28.0 Å². The number of nitrogens with zero attached hydrogens (tertiary/aromatic N) is 2. The van der Waals surface area contributed by atoms with Gasteiger partial charge in [-0.1, -0.05) is 30.3 Å². The fourth-order valence-electron chi connectivity index (χ4n) is 4.16. The molecule has 0 fully saturated rings. The van der Waals surface area contributed by atoms with Gasteiger partial charge in [-0.05, 0) is 60.7 Å². The van der Waals surface area contributed by atoms with Gasteiger partial charge in [0, 0.05) is 15.8 Å². The lowest BCUT2D eigenvalue weighted by Gasteiger charge is -2.18. The maximum absolute atomic E-state index is 14.8. The maximum Gasteiger partial charge on any atom is 0.261 e. The Hall–Kier alpha value is -3.51. The fraction of sp³-hybridized carbons (Fsp3) is 0.115. The molecule has 3 aromatic carbocycles. The van der Waals surface area contributed by atoms with Crippen LogP contribution in [0, 0.1) is 12.7 Å². The van der Waals surface area contributed by atoms with Crippen molar-refractivity contribution in [2.45, 2.75) is 18.4 Å². The number of amides is 2. The molecule has 4 nitrogen and oxygen atoms in total. The molecule has 1 aliphatic heterocycles. The fourth-order valence-corrected chi connectivity index (χ4v) is 4.77. The Kier molecular flexibility index (Phi) is 5.02. The summed E-state index contributed by atoms with van der Waals surface area (Å²) in [6, 6.07) is 19.7. The van der Waals surface area contributed by atoms with Gasteiger partial charge in [-0.3, -0.25) is 19.5 Å². The predicted octanol–water partition coefficient (Wildman–Crippen LogP) is 5.87. The summed E-state index contributed by atoms with van der Waals surface area (Å²) in [5.41, 5.74) is 4.20. The number of fused-ring (bicyclic) bond motifs is 2. The molecule has 2 heterocycles. The first-order chi connectivity index (χ1) is 15.5. The van der Waals surface area contributed by atoms with E-state index >= 15 is 0 Å². The zero-order chi connectivity index (χ0) is 22.4. The van der Waals surface area contributed by atoms with Crippen LogP contribution in [0.25, 0.3) is 22.0 Å². The molecule has 0 spiro atoms. The monoisotopic (exact) mass is 442 g/mol. The van der Waals surface area contributed by atoms with Crippen molar-refractivity contribution in [2.24, 2.45) is 0 Å². The van der Waals surface area contributed by atoms with E-state index in [9.17, 15) is 14.0 Å². The van der Waals surface area contributed by atoms with Crippen LogP contribution < -0.4 is 0 Å². The van der Waals surface area contributed by atoms with Gasteiger partial charge in [-0.15, -0.1) is 11.8 Å². The Labute approximate surface area is 189 Å². The van der Waals surface area contributed by atoms with Crippen molar-refractivity contribution in [3.8, 4) is 11.1 Å². The number of hydrogen-bond donors (Lipinski definition) is 0. The number of hydrogen-bond acceptors (Lipinski definition) is 4. The van der Waals surface area contributed by atoms with Gasteiger partial charge in [0.15, 0.2) is 0 Å². The van der Waals surface area contributed by atoms with Gasteiger partial charge in [-0.25, -0.2) is 4.39 Å². The van der Waals surface area contributed by atoms with Crippen LogP contribution in [-0.2, 0) is 6.54 Å². The predicted molar refractivity (Wildman–Crippen MR) is 124 cm³/mol. The highest BCUT2D eigenvalue weighted by Gasteiger charge is 2.36. The summed E-state index contributed by atoms with van der Waals surface area (Å²) in [4.78, 5) is 32.9. The molecule has 0 radical (unpaired) electrons. The van der Waals surface area contributed by atoms with Crippen LogP contribution in [0.3, 0.4) is 0 Å². The lowest BCUT2D eigenvalue weighted by Crippen LogP contribution is -2.29. The molecule has 1 aromatic heterocycles. The molecule has 6 heteroatoms. The molecule has 4 aromatic rings. The van der Waals surface area contributed by atoms with Gasteiger partial charge in [0.25, 0.3) is 11.8 Å². The number of imide groups is 1. The molecule has 158 valence electrons. The number of aromatic nitrogens is 1. The smallest absolute Gasteiger partial charge is 0.261 e. The van der Waals surface area contributed by atoms with Crippen molar-refractivity contribution >= 4 is 34.5 Å². The third kappa shape index (κ3) is 3.28. The highest BCUT2D eigenvalue weighted by molar-refractivity contribution is 7.98. The van der Waals surface area contributed by atoms with Crippen molar-refractivity contribution < 1.29 is 14.0 Å². The van der Waals surface area contributed by atoms with Crippen molar-refractivity contribution in [2.75, 3.05) is 6.26 Å². The molecule has 1 aliphatic rings. The first kappa shape index (κ1) is 20.4. The molecule has 0 bridgehead atoms. The van der Waals surface area contributed by atoms with Crippen molar-refractivity contribution in [3.05, 3.63) is 94.9 Å². The minimum absolute atomic E-state index is 0.00982. The summed E-state index contributed by atoms with van der Waals surface area (Å²) in [6.45, 7) is 1.82. The van der Waals surface area contributed by atoms with E-state index in [4.69, 9.17) is 4.98 Å². The highest BCUT2D eigenvalue weighted by atomic mass is 32.2. The van der Waals surface area contributed by atoms with E-state index < -0.39 is 0 Å². The number of carbonyl (C=O) groups excluding carboxylic acids is 2. The number of aryl methyl sites for hydroxylation is 1. The summed E-state index contributed by atoms with van der Waals surface area (Å²) in [7, 11) is 0. The average Bonchev–Trinajstić information content (AvgIpc) is 3.03. The van der Waals surface area contributed by atoms with E-state index in [-0.39, 0.29) is 24.2 Å². The molecule has 32 heavy (non-hydrogen) atoms. The molecule has 2 amide bonds. The zero-order valence-electron chi connectivity index (χ0n) is 17.6. The largest absolute Gasteiger partial charge is 0.269 e. The van der Waals surface area contributed by atoms with E-state index in [2.05, 4.69) is 0 Å². The third-order valence-corrected chi connectivity index (χ3v) is 6.49. The zero-order valence-corrected chi connectivity index (χ0v) is 18.4. The van der Waals surface area contributed by atoms with Crippen LogP contribution in [0.4, 0.5) is 4.39 Å². The van der Waals surface area contributed by atoms with Crippen LogP contribution in [0.15, 0.2) is 71.6 Å². The Balaban J connectivity index is 1.70. The summed E-state index contributed by atoms with van der Waals surface area (Å²) < 4.78 is 14.8. The normalized spacial score (nSPS) is 13.2. The third-order valence-electron chi connectivity index (χ3n) is 5.69. The first-order valence-electron chi connectivity index (χ1n) is 10.2. The van der Waals surface area contributed by atoms with Crippen molar-refractivity contribution in [3.63, 3.8) is 0 Å². The topological polar surface area (TPSA) is 50.3 Å². The second kappa shape index (κ2) is 7.88. The molecular weight excluding hydrogens is 423 g/mol. The molecular formula is C26H19FN2O2S. The number of carbonyl (C=O) groups is 2. The number of rotatable bonds is 4. The second-order valence-corrected chi connectivity index (χ2v) is 8.59.